The van der Waals surface area contributed by atoms with Gasteiger partial charge in [0.1, 0.15) is 38.3 Å². The van der Waals surface area contributed by atoms with Crippen LogP contribution in [-0.2, 0) is 76.1 Å². The van der Waals surface area contributed by atoms with E-state index in [9.17, 15) is 33.6 Å². The van der Waals surface area contributed by atoms with Crippen LogP contribution in [0.4, 0.5) is 9.59 Å². The minimum Gasteiger partial charge on any atom is -0.465 e. The SMILES string of the molecule is COCCOC(=O)NCCC(CCNC(=O)OCCOC)OC(=O)CCCOCCOCCC(=O)NCCOCCOCCCC(=O)OCCN(CCOC(C)=O)CC(C)=O. The van der Waals surface area contributed by atoms with Gasteiger partial charge in [0, 0.05) is 99.2 Å². The molecule has 0 saturated carbocycles. The number of hydrogen-bond acceptors (Lipinski definition) is 19. The topological polar surface area (TPSA) is 260 Å². The largest absolute Gasteiger partial charge is 0.465 e. The molecule has 0 bridgehead atoms. The predicted molar refractivity (Wildman–Crippen MR) is 216 cm³/mol. The summed E-state index contributed by atoms with van der Waals surface area (Å²) < 4.78 is 57.1. The minimum absolute atomic E-state index is 0.0455. The van der Waals surface area contributed by atoms with Crippen molar-refractivity contribution in [2.45, 2.75) is 64.9 Å². The van der Waals surface area contributed by atoms with Crippen LogP contribution >= 0.6 is 0 Å². The average Bonchev–Trinajstić information content (AvgIpc) is 3.20. The molecule has 22 heteroatoms. The van der Waals surface area contributed by atoms with E-state index >= 15 is 0 Å². The number of rotatable bonds is 41. The molecule has 0 rings (SSSR count). The molecule has 0 aliphatic carbocycles. The van der Waals surface area contributed by atoms with Crippen LogP contribution in [0.2, 0.25) is 0 Å². The maximum atomic E-state index is 12.5. The number of carbonyl (C=O) groups is 7. The molecule has 3 amide bonds. The lowest BCUT2D eigenvalue weighted by atomic mass is 10.2. The van der Waals surface area contributed by atoms with Crippen molar-refractivity contribution in [3.8, 4) is 0 Å². The molecule has 0 aromatic rings. The van der Waals surface area contributed by atoms with Crippen LogP contribution in [0.1, 0.15) is 58.8 Å². The van der Waals surface area contributed by atoms with Gasteiger partial charge in [-0.2, -0.15) is 0 Å². The van der Waals surface area contributed by atoms with E-state index in [1.165, 1.54) is 28.1 Å². The molecule has 0 atom stereocenters. The second-order valence-electron chi connectivity index (χ2n) is 13.1. The Kier molecular flexibility index (Phi) is 38.3. The fourth-order valence-electron chi connectivity index (χ4n) is 4.78. The molecule has 354 valence electrons. The number of nitrogens with one attached hydrogen (secondary N) is 3. The Morgan fingerprint density at radius 2 is 1.00 bits per heavy atom. The van der Waals surface area contributed by atoms with Crippen molar-refractivity contribution in [1.82, 2.24) is 20.9 Å². The van der Waals surface area contributed by atoms with Crippen molar-refractivity contribution in [1.29, 1.82) is 0 Å². The summed E-state index contributed by atoms with van der Waals surface area (Å²) in [5.41, 5.74) is 0. The van der Waals surface area contributed by atoms with Gasteiger partial charge in [0.05, 0.1) is 59.4 Å². The molecule has 0 radical (unpaired) electrons. The van der Waals surface area contributed by atoms with Gasteiger partial charge in [0.2, 0.25) is 5.91 Å². The first-order valence-electron chi connectivity index (χ1n) is 20.5. The van der Waals surface area contributed by atoms with Crippen LogP contribution < -0.4 is 16.0 Å². The Morgan fingerprint density at radius 1 is 0.492 bits per heavy atom. The quantitative estimate of drug-likeness (QED) is 0.0430. The number of ether oxygens (including phenoxy) is 11. The zero-order chi connectivity index (χ0) is 45.2. The Balaban J connectivity index is 3.91. The van der Waals surface area contributed by atoms with Crippen LogP contribution in [0, 0.1) is 0 Å². The number of alkyl carbamates (subject to hydrolysis) is 2. The first kappa shape index (κ1) is 56.8. The van der Waals surface area contributed by atoms with Gasteiger partial charge in [-0.1, -0.05) is 0 Å². The van der Waals surface area contributed by atoms with Gasteiger partial charge < -0.3 is 68.1 Å². The number of ketones is 1. The van der Waals surface area contributed by atoms with E-state index in [2.05, 4.69) is 16.0 Å². The summed E-state index contributed by atoms with van der Waals surface area (Å²) in [6, 6.07) is 0. The molecule has 22 nitrogen and oxygen atoms in total. The number of amides is 3. The summed E-state index contributed by atoms with van der Waals surface area (Å²) in [7, 11) is 2.98. The summed E-state index contributed by atoms with van der Waals surface area (Å²) in [5, 5.41) is 7.91. The summed E-state index contributed by atoms with van der Waals surface area (Å²) in [6.07, 6.45) is 0.0849. The first-order chi connectivity index (χ1) is 29.5. The number of esters is 3. The van der Waals surface area contributed by atoms with Crippen LogP contribution in [-0.4, -0.2) is 199 Å². The first-order valence-corrected chi connectivity index (χ1v) is 20.5. The Bertz CT molecular complexity index is 1170. The summed E-state index contributed by atoms with van der Waals surface area (Å²) in [4.78, 5) is 84.2. The van der Waals surface area contributed by atoms with Gasteiger partial charge in [-0.3, -0.25) is 28.9 Å². The van der Waals surface area contributed by atoms with E-state index in [0.29, 0.717) is 78.4 Å². The molecule has 0 aliphatic rings. The molecule has 0 spiro atoms. The average molecular weight is 883 g/mol. The fourth-order valence-corrected chi connectivity index (χ4v) is 4.78. The van der Waals surface area contributed by atoms with Gasteiger partial charge in [0.25, 0.3) is 0 Å². The van der Waals surface area contributed by atoms with Gasteiger partial charge in [-0.25, -0.2) is 9.59 Å². The number of nitrogens with zero attached hydrogens (tertiary/aromatic N) is 1. The molecular weight excluding hydrogens is 812 g/mol. The zero-order valence-electron chi connectivity index (χ0n) is 36.5. The maximum Gasteiger partial charge on any atom is 0.407 e. The van der Waals surface area contributed by atoms with Crippen LogP contribution in [0.3, 0.4) is 0 Å². The lowest BCUT2D eigenvalue weighted by Gasteiger charge is -2.20. The fraction of sp³-hybridized carbons (Fsp3) is 0.821. The number of carbonyl (C=O) groups excluding carboxylic acids is 7. The number of Topliss-reactive ketones (excluding diaryl/α,β-unsaturated/α-hetero) is 1. The lowest BCUT2D eigenvalue weighted by molar-refractivity contribution is -0.150. The Morgan fingerprint density at radius 3 is 1.52 bits per heavy atom. The molecule has 0 heterocycles. The van der Waals surface area contributed by atoms with Crippen molar-refractivity contribution >= 4 is 41.8 Å². The van der Waals surface area contributed by atoms with E-state index in [0.717, 1.165) is 0 Å². The molecule has 0 aromatic carbocycles. The lowest BCUT2D eigenvalue weighted by Crippen LogP contribution is -2.35. The highest BCUT2D eigenvalue weighted by Gasteiger charge is 2.16. The summed E-state index contributed by atoms with van der Waals surface area (Å²) in [5.74, 6) is -1.46. The molecule has 0 unspecified atom stereocenters. The van der Waals surface area contributed by atoms with E-state index in [1.807, 2.05) is 0 Å². The van der Waals surface area contributed by atoms with Gasteiger partial charge in [-0.15, -0.1) is 0 Å². The number of hydrogen-bond donors (Lipinski definition) is 3. The minimum atomic E-state index is -0.623. The zero-order valence-corrected chi connectivity index (χ0v) is 36.5. The molecule has 0 aliphatic heterocycles. The smallest absolute Gasteiger partial charge is 0.407 e. The van der Waals surface area contributed by atoms with Crippen LogP contribution in [0.5, 0.6) is 0 Å². The van der Waals surface area contributed by atoms with E-state index in [1.54, 1.807) is 4.90 Å². The molecular formula is C39H70N4O18. The highest BCUT2D eigenvalue weighted by molar-refractivity contribution is 5.77. The molecule has 0 saturated heterocycles. The second-order valence-corrected chi connectivity index (χ2v) is 13.1. The van der Waals surface area contributed by atoms with Crippen molar-refractivity contribution in [3.63, 3.8) is 0 Å². The van der Waals surface area contributed by atoms with Gasteiger partial charge in [0.15, 0.2) is 0 Å². The maximum absolute atomic E-state index is 12.5. The third kappa shape index (κ3) is 41.0. The van der Waals surface area contributed by atoms with Crippen LogP contribution in [0.15, 0.2) is 0 Å². The molecule has 0 fully saturated rings. The molecule has 3 N–H and O–H groups in total. The van der Waals surface area contributed by atoms with E-state index in [4.69, 9.17) is 52.1 Å². The van der Waals surface area contributed by atoms with Crippen molar-refractivity contribution in [2.24, 2.45) is 0 Å². The normalized spacial score (nSPS) is 10.9. The van der Waals surface area contributed by atoms with Crippen LogP contribution in [0.25, 0.3) is 0 Å². The van der Waals surface area contributed by atoms with Crippen molar-refractivity contribution < 1.29 is 85.7 Å². The monoisotopic (exact) mass is 882 g/mol. The molecule has 61 heavy (non-hydrogen) atoms. The predicted octanol–water partition coefficient (Wildman–Crippen LogP) is 0.554. The van der Waals surface area contributed by atoms with Crippen molar-refractivity contribution in [2.75, 3.05) is 146 Å². The Labute approximate surface area is 358 Å². The third-order valence-electron chi connectivity index (χ3n) is 7.77. The summed E-state index contributed by atoms with van der Waals surface area (Å²) in [6.45, 7) is 7.70. The standard InChI is InChI=1S/C39H70N4O18/c1-32(44)31-43(15-21-57-33(2)45)16-22-58-36(47)7-5-17-53-26-28-56-20-14-40-35(46)11-19-55-27-25-54-18-6-8-37(48)61-34(9-12-41-38(49)59-29-23-51-3)10-13-42-39(50)60-30-24-52-4/h34H,5-31H2,1-4H3,(H,40,46)(H,41,49)(H,42,50). The van der Waals surface area contributed by atoms with E-state index in [-0.39, 0.29) is 116 Å². The summed E-state index contributed by atoms with van der Waals surface area (Å²) >= 11 is 0. The van der Waals surface area contributed by atoms with Crippen molar-refractivity contribution in [3.05, 3.63) is 0 Å². The second kappa shape index (κ2) is 41.2. The Hall–Kier alpha value is -4.19. The van der Waals surface area contributed by atoms with Gasteiger partial charge in [-0.05, 0) is 19.8 Å². The molecule has 0 aromatic heterocycles. The third-order valence-corrected chi connectivity index (χ3v) is 7.77. The van der Waals surface area contributed by atoms with E-state index < -0.39 is 30.2 Å². The highest BCUT2D eigenvalue weighted by atomic mass is 16.6. The number of methoxy groups -OCH3 is 2. The highest BCUT2D eigenvalue weighted by Crippen LogP contribution is 2.07. The van der Waals surface area contributed by atoms with Gasteiger partial charge >= 0.3 is 30.1 Å².